The van der Waals surface area contributed by atoms with Crippen molar-refractivity contribution in [2.75, 3.05) is 6.61 Å². The van der Waals surface area contributed by atoms with Gasteiger partial charge in [0, 0.05) is 6.61 Å². The van der Waals surface area contributed by atoms with E-state index in [9.17, 15) is 0 Å². The van der Waals surface area contributed by atoms with Crippen LogP contribution in [0.4, 0.5) is 0 Å². The maximum Gasteiger partial charge on any atom is 0.0433 e. The van der Waals surface area contributed by atoms with Gasteiger partial charge in [0.1, 0.15) is 0 Å². The molecule has 0 saturated heterocycles. The molecule has 2 atom stereocenters. The molecule has 23 heavy (non-hydrogen) atoms. The van der Waals surface area contributed by atoms with Gasteiger partial charge in [0.15, 0.2) is 0 Å². The molecule has 1 aliphatic carbocycles. The largest absolute Gasteiger partial charge is 0.396 e. The van der Waals surface area contributed by atoms with Crippen molar-refractivity contribution in [1.29, 1.82) is 0 Å². The van der Waals surface area contributed by atoms with E-state index in [0.29, 0.717) is 12.0 Å². The standard InChI is InChI=1S/C22H42O/c1-20-16-15-18-22(2,3)21(20)17-13-11-9-7-5-4-6-8-10-12-14-19-23/h8,10,20-21,23H,4-7,9,11-19H2,1-3H3/b10-8+. The van der Waals surface area contributed by atoms with Crippen LogP contribution in [-0.4, -0.2) is 11.7 Å². The number of hydrogen-bond acceptors (Lipinski definition) is 1. The molecule has 1 fully saturated rings. The van der Waals surface area contributed by atoms with Crippen molar-refractivity contribution in [1.82, 2.24) is 0 Å². The van der Waals surface area contributed by atoms with E-state index in [1.54, 1.807) is 0 Å². The van der Waals surface area contributed by atoms with Crippen LogP contribution in [0.3, 0.4) is 0 Å². The number of rotatable bonds is 12. The molecular weight excluding hydrogens is 280 g/mol. The Morgan fingerprint density at radius 3 is 2.17 bits per heavy atom. The van der Waals surface area contributed by atoms with Crippen LogP contribution in [0.25, 0.3) is 0 Å². The second kappa shape index (κ2) is 12.1. The third-order valence-electron chi connectivity index (χ3n) is 6.00. The Hall–Kier alpha value is -0.300. The van der Waals surface area contributed by atoms with Crippen molar-refractivity contribution in [3.8, 4) is 0 Å². The van der Waals surface area contributed by atoms with Gasteiger partial charge in [0.2, 0.25) is 0 Å². The fourth-order valence-corrected chi connectivity index (χ4v) is 4.49. The lowest BCUT2D eigenvalue weighted by atomic mass is 9.62. The van der Waals surface area contributed by atoms with Crippen molar-refractivity contribution < 1.29 is 5.11 Å². The zero-order valence-electron chi connectivity index (χ0n) is 16.2. The second-order valence-electron chi connectivity index (χ2n) is 8.50. The van der Waals surface area contributed by atoms with Gasteiger partial charge in [0.05, 0.1) is 0 Å². The molecule has 1 nitrogen and oxygen atoms in total. The Kier molecular flexibility index (Phi) is 10.9. The molecule has 0 radical (unpaired) electrons. The van der Waals surface area contributed by atoms with Crippen molar-refractivity contribution in [3.63, 3.8) is 0 Å². The smallest absolute Gasteiger partial charge is 0.0433 e. The Bertz CT molecular complexity index is 305. The average Bonchev–Trinajstić information content (AvgIpc) is 2.50. The summed E-state index contributed by atoms with van der Waals surface area (Å²) in [7, 11) is 0. The molecule has 136 valence electrons. The minimum absolute atomic E-state index is 0.321. The number of unbranched alkanes of at least 4 members (excludes halogenated alkanes) is 7. The first-order valence-corrected chi connectivity index (χ1v) is 10.3. The van der Waals surface area contributed by atoms with Crippen molar-refractivity contribution >= 4 is 0 Å². The molecule has 2 unspecified atom stereocenters. The molecule has 1 rings (SSSR count). The van der Waals surface area contributed by atoms with E-state index in [1.165, 1.54) is 70.6 Å². The second-order valence-corrected chi connectivity index (χ2v) is 8.50. The van der Waals surface area contributed by atoms with E-state index < -0.39 is 0 Å². The van der Waals surface area contributed by atoms with E-state index in [1.807, 2.05) is 0 Å². The predicted molar refractivity (Wildman–Crippen MR) is 103 cm³/mol. The normalized spacial score (nSPS) is 24.3. The highest BCUT2D eigenvalue weighted by atomic mass is 16.2. The number of allylic oxidation sites excluding steroid dienone is 2. The summed E-state index contributed by atoms with van der Waals surface area (Å²) in [6.45, 7) is 7.81. The molecule has 1 N–H and O–H groups in total. The number of hydrogen-bond donors (Lipinski definition) is 1. The lowest BCUT2D eigenvalue weighted by molar-refractivity contribution is 0.0740. The highest BCUT2D eigenvalue weighted by Gasteiger charge is 2.35. The van der Waals surface area contributed by atoms with Crippen molar-refractivity contribution in [2.45, 2.75) is 104 Å². The quantitative estimate of drug-likeness (QED) is 0.306. The zero-order chi connectivity index (χ0) is 17.0. The molecule has 0 heterocycles. The number of aliphatic hydroxyl groups excluding tert-OH is 1. The summed E-state index contributed by atoms with van der Waals surface area (Å²) >= 11 is 0. The maximum atomic E-state index is 8.70. The Morgan fingerprint density at radius 2 is 1.52 bits per heavy atom. The molecular formula is C22H42O. The molecule has 1 heteroatoms. The third-order valence-corrected chi connectivity index (χ3v) is 6.00. The molecule has 0 aromatic rings. The van der Waals surface area contributed by atoms with Crippen LogP contribution in [0.1, 0.15) is 104 Å². The topological polar surface area (TPSA) is 20.2 Å². The molecule has 0 spiro atoms. The van der Waals surface area contributed by atoms with Crippen molar-refractivity contribution in [3.05, 3.63) is 12.2 Å². The van der Waals surface area contributed by atoms with E-state index >= 15 is 0 Å². The third kappa shape index (κ3) is 8.94. The van der Waals surface area contributed by atoms with Crippen LogP contribution in [0, 0.1) is 17.3 Å². The minimum Gasteiger partial charge on any atom is -0.396 e. The van der Waals surface area contributed by atoms with Gasteiger partial charge >= 0.3 is 0 Å². The molecule has 0 aromatic carbocycles. The van der Waals surface area contributed by atoms with Gasteiger partial charge in [0.25, 0.3) is 0 Å². The molecule has 1 saturated carbocycles. The monoisotopic (exact) mass is 322 g/mol. The molecule has 0 aliphatic heterocycles. The first-order chi connectivity index (χ1) is 11.1. The van der Waals surface area contributed by atoms with Gasteiger partial charge in [-0.3, -0.25) is 0 Å². The fourth-order valence-electron chi connectivity index (χ4n) is 4.49. The predicted octanol–water partition coefficient (Wildman–Crippen LogP) is 6.90. The fraction of sp³-hybridized carbons (Fsp3) is 0.909. The highest BCUT2D eigenvalue weighted by molar-refractivity contribution is 4.86. The maximum absolute atomic E-state index is 8.70. The van der Waals surface area contributed by atoms with Gasteiger partial charge in [-0.15, -0.1) is 0 Å². The summed E-state index contributed by atoms with van der Waals surface area (Å²) in [6.07, 6.45) is 21.9. The first-order valence-electron chi connectivity index (χ1n) is 10.3. The van der Waals surface area contributed by atoms with Crippen molar-refractivity contribution in [2.24, 2.45) is 17.3 Å². The first kappa shape index (κ1) is 20.7. The lowest BCUT2D eigenvalue weighted by Gasteiger charge is -2.43. The van der Waals surface area contributed by atoms with Crippen LogP contribution in [0.2, 0.25) is 0 Å². The van der Waals surface area contributed by atoms with E-state index in [4.69, 9.17) is 5.11 Å². The summed E-state index contributed by atoms with van der Waals surface area (Å²) < 4.78 is 0. The van der Waals surface area contributed by atoms with Crippen LogP contribution >= 0.6 is 0 Å². The Balaban J connectivity index is 1.96. The number of aliphatic hydroxyl groups is 1. The van der Waals surface area contributed by atoms with Gasteiger partial charge < -0.3 is 5.11 Å². The summed E-state index contributed by atoms with van der Waals surface area (Å²) in [5, 5.41) is 8.70. The van der Waals surface area contributed by atoms with E-state index in [2.05, 4.69) is 32.9 Å². The average molecular weight is 323 g/mol. The molecule has 0 bridgehead atoms. The van der Waals surface area contributed by atoms with Crippen LogP contribution < -0.4 is 0 Å². The Morgan fingerprint density at radius 1 is 0.913 bits per heavy atom. The van der Waals surface area contributed by atoms with Gasteiger partial charge in [-0.2, -0.15) is 0 Å². The van der Waals surface area contributed by atoms with Crippen LogP contribution in [-0.2, 0) is 0 Å². The molecule has 0 amide bonds. The van der Waals surface area contributed by atoms with Crippen LogP contribution in [0.15, 0.2) is 12.2 Å². The molecule has 1 aliphatic rings. The summed E-state index contributed by atoms with van der Waals surface area (Å²) in [5.74, 6) is 1.90. The highest BCUT2D eigenvalue weighted by Crippen LogP contribution is 2.46. The minimum atomic E-state index is 0.321. The van der Waals surface area contributed by atoms with Crippen LogP contribution in [0.5, 0.6) is 0 Å². The van der Waals surface area contributed by atoms with Gasteiger partial charge in [-0.25, -0.2) is 0 Å². The van der Waals surface area contributed by atoms with E-state index in [-0.39, 0.29) is 0 Å². The van der Waals surface area contributed by atoms with E-state index in [0.717, 1.165) is 24.7 Å². The lowest BCUT2D eigenvalue weighted by Crippen LogP contribution is -2.33. The Labute approximate surface area is 146 Å². The zero-order valence-corrected chi connectivity index (χ0v) is 16.2. The summed E-state index contributed by atoms with van der Waals surface area (Å²) in [6, 6.07) is 0. The SMILES string of the molecule is CC1CCCC(C)(C)C1CCCCCCCC/C=C/CCCO. The van der Waals surface area contributed by atoms with Gasteiger partial charge in [-0.05, 0) is 55.8 Å². The summed E-state index contributed by atoms with van der Waals surface area (Å²) in [5.41, 5.74) is 0.583. The molecule has 0 aromatic heterocycles. The summed E-state index contributed by atoms with van der Waals surface area (Å²) in [4.78, 5) is 0. The van der Waals surface area contributed by atoms with Gasteiger partial charge in [-0.1, -0.05) is 77.9 Å².